The monoisotopic (exact) mass is 260 g/mol. The van der Waals surface area contributed by atoms with Crippen LogP contribution in [0.3, 0.4) is 0 Å². The molecule has 0 radical (unpaired) electrons. The molecule has 0 aliphatic heterocycles. The normalized spacial score (nSPS) is 25.2. The molecule has 1 aliphatic rings. The van der Waals surface area contributed by atoms with Gasteiger partial charge in [-0.3, -0.25) is 0 Å². The molecule has 2 atom stereocenters. The molecule has 2 aromatic heterocycles. The molecule has 2 unspecified atom stereocenters. The van der Waals surface area contributed by atoms with Gasteiger partial charge in [0.1, 0.15) is 5.52 Å². The molecule has 0 saturated heterocycles. The zero-order chi connectivity index (χ0) is 13.5. The second-order valence-electron chi connectivity index (χ2n) is 5.63. The number of aromatic nitrogens is 3. The van der Waals surface area contributed by atoms with Crippen LogP contribution in [0.25, 0.3) is 5.52 Å². The molecule has 0 amide bonds. The highest BCUT2D eigenvalue weighted by Crippen LogP contribution is 2.44. The van der Waals surface area contributed by atoms with Crippen LogP contribution in [-0.2, 0) is 4.74 Å². The molecule has 2 heterocycles. The van der Waals surface area contributed by atoms with Gasteiger partial charge in [0.2, 0.25) is 0 Å². The molecular formula is C14H20N4O. The lowest BCUT2D eigenvalue weighted by Gasteiger charge is -2.51. The lowest BCUT2D eigenvalue weighted by Crippen LogP contribution is -2.58. The van der Waals surface area contributed by atoms with E-state index < -0.39 is 0 Å². The Hall–Kier alpha value is -1.62. The van der Waals surface area contributed by atoms with E-state index in [4.69, 9.17) is 4.74 Å². The maximum absolute atomic E-state index is 5.76. The molecule has 19 heavy (non-hydrogen) atoms. The highest BCUT2D eigenvalue weighted by Gasteiger charge is 2.49. The Morgan fingerprint density at radius 3 is 3.05 bits per heavy atom. The maximum atomic E-state index is 5.76. The molecule has 5 nitrogen and oxygen atoms in total. The lowest BCUT2D eigenvalue weighted by atomic mass is 9.64. The van der Waals surface area contributed by atoms with Crippen LogP contribution in [0, 0.1) is 5.41 Å². The third-order valence-electron chi connectivity index (χ3n) is 4.18. The van der Waals surface area contributed by atoms with E-state index in [0.29, 0.717) is 12.1 Å². The van der Waals surface area contributed by atoms with Crippen LogP contribution in [-0.4, -0.2) is 33.4 Å². The van der Waals surface area contributed by atoms with Crippen LogP contribution >= 0.6 is 0 Å². The molecular weight excluding hydrogens is 240 g/mol. The van der Waals surface area contributed by atoms with Crippen LogP contribution in [0.5, 0.6) is 0 Å². The Morgan fingerprint density at radius 2 is 2.32 bits per heavy atom. The van der Waals surface area contributed by atoms with E-state index in [1.54, 1.807) is 12.4 Å². The van der Waals surface area contributed by atoms with Gasteiger partial charge in [-0.25, -0.2) is 9.50 Å². The molecule has 1 N–H and O–H groups in total. The molecule has 1 aliphatic carbocycles. The molecule has 1 saturated carbocycles. The summed E-state index contributed by atoms with van der Waals surface area (Å²) >= 11 is 0. The van der Waals surface area contributed by atoms with E-state index in [1.165, 1.54) is 0 Å². The minimum atomic E-state index is 0.130. The van der Waals surface area contributed by atoms with Crippen LogP contribution in [0.1, 0.15) is 27.2 Å². The zero-order valence-electron chi connectivity index (χ0n) is 11.6. The second kappa shape index (κ2) is 4.49. The Kier molecular flexibility index (Phi) is 2.93. The van der Waals surface area contributed by atoms with Crippen molar-refractivity contribution >= 4 is 11.3 Å². The predicted molar refractivity (Wildman–Crippen MR) is 74.2 cm³/mol. The van der Waals surface area contributed by atoms with Gasteiger partial charge in [0.25, 0.3) is 0 Å². The fourth-order valence-corrected chi connectivity index (χ4v) is 2.75. The van der Waals surface area contributed by atoms with Gasteiger partial charge in [-0.15, -0.1) is 0 Å². The van der Waals surface area contributed by atoms with Crippen molar-refractivity contribution in [1.29, 1.82) is 0 Å². The summed E-state index contributed by atoms with van der Waals surface area (Å²) in [7, 11) is 0. The lowest BCUT2D eigenvalue weighted by molar-refractivity contribution is -0.0976. The molecule has 5 heteroatoms. The van der Waals surface area contributed by atoms with Gasteiger partial charge >= 0.3 is 0 Å². The summed E-state index contributed by atoms with van der Waals surface area (Å²) in [5.41, 5.74) is 1.14. The fourth-order valence-electron chi connectivity index (χ4n) is 2.75. The second-order valence-corrected chi connectivity index (χ2v) is 5.63. The van der Waals surface area contributed by atoms with Gasteiger partial charge in [0.05, 0.1) is 12.3 Å². The molecule has 0 aromatic carbocycles. The fraction of sp³-hybridized carbons (Fsp3) is 0.571. The Morgan fingerprint density at radius 1 is 1.47 bits per heavy atom. The van der Waals surface area contributed by atoms with Crippen molar-refractivity contribution in [1.82, 2.24) is 14.6 Å². The standard InChI is InChI=1S/C14H20N4O/c1-4-19-12-9-11(14(12,2)3)17-13-10-5-6-16-18(10)8-7-15-13/h5-8,11-12H,4,9H2,1-3H3,(H,15,17). The zero-order valence-corrected chi connectivity index (χ0v) is 11.6. The molecule has 0 spiro atoms. The smallest absolute Gasteiger partial charge is 0.152 e. The van der Waals surface area contributed by atoms with Crippen molar-refractivity contribution in [3.63, 3.8) is 0 Å². The minimum Gasteiger partial charge on any atom is -0.378 e. The first-order chi connectivity index (χ1) is 9.13. The van der Waals surface area contributed by atoms with Gasteiger partial charge in [-0.05, 0) is 19.4 Å². The van der Waals surface area contributed by atoms with Gasteiger partial charge in [0, 0.05) is 30.5 Å². The van der Waals surface area contributed by atoms with E-state index in [0.717, 1.165) is 24.4 Å². The highest BCUT2D eigenvalue weighted by atomic mass is 16.5. The summed E-state index contributed by atoms with van der Waals surface area (Å²) in [6, 6.07) is 2.36. The molecule has 2 aromatic rings. The van der Waals surface area contributed by atoms with Crippen molar-refractivity contribution in [3.8, 4) is 0 Å². The molecule has 102 valence electrons. The molecule has 0 bridgehead atoms. The van der Waals surface area contributed by atoms with Gasteiger partial charge in [-0.1, -0.05) is 13.8 Å². The molecule has 3 rings (SSSR count). The van der Waals surface area contributed by atoms with E-state index in [2.05, 4.69) is 29.2 Å². The number of nitrogens with zero attached hydrogens (tertiary/aromatic N) is 3. The van der Waals surface area contributed by atoms with Gasteiger partial charge in [-0.2, -0.15) is 5.10 Å². The minimum absolute atomic E-state index is 0.130. The number of anilines is 1. The van der Waals surface area contributed by atoms with Crippen molar-refractivity contribution in [2.24, 2.45) is 5.41 Å². The SMILES string of the molecule is CCOC1CC(Nc2nccn3nccc23)C1(C)C. The van der Waals surface area contributed by atoms with Crippen LogP contribution in [0.2, 0.25) is 0 Å². The van der Waals surface area contributed by atoms with E-state index in [-0.39, 0.29) is 5.41 Å². The number of hydrogen-bond donors (Lipinski definition) is 1. The first-order valence-corrected chi connectivity index (χ1v) is 6.79. The average Bonchev–Trinajstić information content (AvgIpc) is 2.86. The van der Waals surface area contributed by atoms with Gasteiger partial charge < -0.3 is 10.1 Å². The maximum Gasteiger partial charge on any atom is 0.152 e. The largest absolute Gasteiger partial charge is 0.378 e. The van der Waals surface area contributed by atoms with E-state index >= 15 is 0 Å². The van der Waals surface area contributed by atoms with Crippen molar-refractivity contribution in [2.75, 3.05) is 11.9 Å². The third kappa shape index (κ3) is 1.98. The van der Waals surface area contributed by atoms with E-state index in [1.807, 2.05) is 23.7 Å². The highest BCUT2D eigenvalue weighted by molar-refractivity contribution is 5.67. The predicted octanol–water partition coefficient (Wildman–Crippen LogP) is 2.34. The van der Waals surface area contributed by atoms with E-state index in [9.17, 15) is 0 Å². The first kappa shape index (κ1) is 12.4. The summed E-state index contributed by atoms with van der Waals surface area (Å²) in [6.45, 7) is 7.30. The number of fused-ring (bicyclic) bond motifs is 1. The summed E-state index contributed by atoms with van der Waals surface area (Å²) in [4.78, 5) is 4.42. The summed E-state index contributed by atoms with van der Waals surface area (Å²) in [6.07, 6.45) is 6.78. The van der Waals surface area contributed by atoms with Crippen LogP contribution in [0.4, 0.5) is 5.82 Å². The van der Waals surface area contributed by atoms with Crippen LogP contribution in [0.15, 0.2) is 24.7 Å². The van der Waals surface area contributed by atoms with Crippen molar-refractivity contribution in [2.45, 2.75) is 39.3 Å². The quantitative estimate of drug-likeness (QED) is 0.916. The number of hydrogen-bond acceptors (Lipinski definition) is 4. The number of rotatable bonds is 4. The number of nitrogens with one attached hydrogen (secondary N) is 1. The van der Waals surface area contributed by atoms with Crippen LogP contribution < -0.4 is 5.32 Å². The Labute approximate surface area is 113 Å². The topological polar surface area (TPSA) is 51.5 Å². The van der Waals surface area contributed by atoms with Crippen molar-refractivity contribution < 1.29 is 4.74 Å². The summed E-state index contributed by atoms with van der Waals surface area (Å²) < 4.78 is 7.59. The Bertz CT molecular complexity index is 578. The van der Waals surface area contributed by atoms with Gasteiger partial charge in [0.15, 0.2) is 5.82 Å². The third-order valence-corrected chi connectivity index (χ3v) is 4.18. The summed E-state index contributed by atoms with van der Waals surface area (Å²) in [5, 5.41) is 7.76. The Balaban J connectivity index is 1.78. The molecule has 1 fully saturated rings. The number of ether oxygens (including phenoxy) is 1. The first-order valence-electron chi connectivity index (χ1n) is 6.79. The average molecular weight is 260 g/mol. The van der Waals surface area contributed by atoms with Crippen molar-refractivity contribution in [3.05, 3.63) is 24.7 Å². The summed E-state index contributed by atoms with van der Waals surface area (Å²) in [5.74, 6) is 0.896.